The number of alkyl halides is 1. The topological polar surface area (TPSA) is 163 Å². The molecule has 1 aromatic heterocycles. The van der Waals surface area contributed by atoms with Gasteiger partial charge in [0.05, 0.1) is 6.54 Å². The number of nitrogens with one attached hydrogen (secondary N) is 1. The highest BCUT2D eigenvalue weighted by molar-refractivity contribution is 8.20. The average Bonchev–Trinajstić information content (AvgIpc) is 3.70. The van der Waals surface area contributed by atoms with Crippen molar-refractivity contribution in [3.63, 3.8) is 0 Å². The summed E-state index contributed by atoms with van der Waals surface area (Å²) in [6, 6.07) is 17.9. The molecule has 2 aliphatic heterocycles. The normalized spacial score (nSPS) is 20.4. The minimum Gasteiger partial charge on any atom is -0.457 e. The summed E-state index contributed by atoms with van der Waals surface area (Å²) in [7, 11) is 0. The van der Waals surface area contributed by atoms with Crippen LogP contribution < -0.4 is 11.1 Å². The van der Waals surface area contributed by atoms with Gasteiger partial charge in [0.15, 0.2) is 21.0 Å². The Balaban J connectivity index is 1.38. The van der Waals surface area contributed by atoms with E-state index in [1.807, 2.05) is 66.7 Å². The molecule has 2 saturated heterocycles. The van der Waals surface area contributed by atoms with Gasteiger partial charge in [-0.05, 0) is 45.7 Å². The number of halogens is 1. The molecule has 2 aliphatic rings. The second-order valence-corrected chi connectivity index (χ2v) is 17.5. The summed E-state index contributed by atoms with van der Waals surface area (Å²) >= 11 is 9.52. The zero-order chi connectivity index (χ0) is 37.7. The summed E-state index contributed by atoms with van der Waals surface area (Å²) in [5.74, 6) is -1.64. The monoisotopic (exact) mass is 785 g/mol. The van der Waals surface area contributed by atoms with Crippen molar-refractivity contribution in [2.75, 3.05) is 23.9 Å². The molecule has 0 unspecified atom stereocenters. The summed E-state index contributed by atoms with van der Waals surface area (Å²) in [6.45, 7) is 8.12. The van der Waals surface area contributed by atoms with E-state index in [4.69, 9.17) is 31.6 Å². The van der Waals surface area contributed by atoms with Crippen LogP contribution in [0.1, 0.15) is 57.5 Å². The molecule has 2 fully saturated rings. The second kappa shape index (κ2) is 16.3. The van der Waals surface area contributed by atoms with E-state index in [-0.39, 0.29) is 29.0 Å². The van der Waals surface area contributed by atoms with Crippen LogP contribution in [-0.4, -0.2) is 84.2 Å². The fraction of sp³-hybridized carbons (Fsp3) is 0.389. The summed E-state index contributed by atoms with van der Waals surface area (Å²) in [4.78, 5) is 65.8. The Kier molecular flexibility index (Phi) is 12.3. The van der Waals surface area contributed by atoms with E-state index in [0.717, 1.165) is 22.5 Å². The molecular formula is C36H40ClN5O7S3. The van der Waals surface area contributed by atoms with Crippen LogP contribution in [0.3, 0.4) is 0 Å². The number of β-lactam (4-membered cyclic amide) rings is 1. The number of rotatable bonds is 14. The first kappa shape index (κ1) is 39.2. The number of anilines is 1. The lowest BCUT2D eigenvalue weighted by atomic mass is 10.0. The molecule has 3 atom stereocenters. The lowest BCUT2D eigenvalue weighted by molar-refractivity contribution is -0.179. The standard InChI is InChI=1S/C36H40ClN5O7S3/c1-34(2,3)48-31(45)35(4,5)49-41-25(24-20-50-33(38)39-24)28(43)40-26-29(44)42-21-36(52-30(26)42,51-19-13-12-18-37)32(46)47-27(22-14-8-6-9-15-22)23-16-10-7-11-17-23/h6-17,20,26-27,30H,18-19,21H2,1-5H3,(H2,38,39)(H,40,43)/b13-12+,41-25-/t26-,30-,36-/m1/s1. The van der Waals surface area contributed by atoms with E-state index in [1.165, 1.54) is 42.8 Å². The van der Waals surface area contributed by atoms with Gasteiger partial charge in [0.25, 0.3) is 5.91 Å². The highest BCUT2D eigenvalue weighted by Crippen LogP contribution is 2.53. The number of carbonyl (C=O) groups is 4. The molecule has 2 aromatic carbocycles. The van der Waals surface area contributed by atoms with Gasteiger partial charge < -0.3 is 30.3 Å². The Morgan fingerprint density at radius 2 is 1.73 bits per heavy atom. The number of allylic oxidation sites excluding steroid dienone is 1. The number of carbonyl (C=O) groups excluding carboxylic acids is 4. The van der Waals surface area contributed by atoms with Gasteiger partial charge >= 0.3 is 11.9 Å². The van der Waals surface area contributed by atoms with Crippen LogP contribution in [0.4, 0.5) is 5.13 Å². The Labute approximate surface area is 319 Å². The van der Waals surface area contributed by atoms with Crippen molar-refractivity contribution < 1.29 is 33.5 Å². The number of hydrogen-bond donors (Lipinski definition) is 2. The number of hydrogen-bond acceptors (Lipinski definition) is 13. The van der Waals surface area contributed by atoms with Gasteiger partial charge in [-0.3, -0.25) is 9.59 Å². The molecule has 3 heterocycles. The Morgan fingerprint density at radius 1 is 1.10 bits per heavy atom. The fourth-order valence-corrected chi connectivity index (χ4v) is 8.89. The molecule has 3 N–H and O–H groups in total. The third kappa shape index (κ3) is 9.11. The molecule has 0 radical (unpaired) electrons. The van der Waals surface area contributed by atoms with Crippen molar-refractivity contribution in [2.24, 2.45) is 5.16 Å². The molecule has 0 spiro atoms. The summed E-state index contributed by atoms with van der Waals surface area (Å²) in [5, 5.41) is 7.86. The van der Waals surface area contributed by atoms with Gasteiger partial charge in [0.2, 0.25) is 11.5 Å². The van der Waals surface area contributed by atoms with Gasteiger partial charge in [0.1, 0.15) is 22.7 Å². The molecule has 16 heteroatoms. The Hall–Kier alpha value is -4.05. The number of nitrogen functional groups attached to an aromatic ring is 1. The van der Waals surface area contributed by atoms with Gasteiger partial charge in [-0.1, -0.05) is 78.0 Å². The van der Waals surface area contributed by atoms with E-state index in [2.05, 4.69) is 15.5 Å². The Bertz CT molecular complexity index is 1790. The molecule has 276 valence electrons. The maximum Gasteiger partial charge on any atom is 0.353 e. The third-order valence-electron chi connectivity index (χ3n) is 7.76. The molecule has 0 bridgehead atoms. The van der Waals surface area contributed by atoms with Crippen LogP contribution in [0.2, 0.25) is 0 Å². The van der Waals surface area contributed by atoms with E-state index in [9.17, 15) is 19.2 Å². The first-order valence-electron chi connectivity index (χ1n) is 16.3. The van der Waals surface area contributed by atoms with Crippen molar-refractivity contribution in [1.29, 1.82) is 0 Å². The number of amides is 2. The molecule has 52 heavy (non-hydrogen) atoms. The lowest BCUT2D eigenvalue weighted by Crippen LogP contribution is -2.68. The summed E-state index contributed by atoms with van der Waals surface area (Å²) < 4.78 is 10.5. The van der Waals surface area contributed by atoms with Gasteiger partial charge in [-0.2, -0.15) is 0 Å². The van der Waals surface area contributed by atoms with Crippen LogP contribution in [0, 0.1) is 0 Å². The van der Waals surface area contributed by atoms with E-state index in [0.29, 0.717) is 11.6 Å². The van der Waals surface area contributed by atoms with Crippen molar-refractivity contribution in [1.82, 2.24) is 15.2 Å². The second-order valence-electron chi connectivity index (χ2n) is 13.3. The van der Waals surface area contributed by atoms with Gasteiger partial charge in [0, 0.05) is 17.0 Å². The molecule has 2 amide bonds. The first-order valence-corrected chi connectivity index (χ1v) is 19.6. The zero-order valence-electron chi connectivity index (χ0n) is 29.2. The number of benzene rings is 2. The van der Waals surface area contributed by atoms with Crippen LogP contribution in [0.5, 0.6) is 0 Å². The molecule has 0 aliphatic carbocycles. The summed E-state index contributed by atoms with van der Waals surface area (Å²) in [6.07, 6.45) is 2.95. The maximum absolute atomic E-state index is 14.3. The summed E-state index contributed by atoms with van der Waals surface area (Å²) in [5.41, 5.74) is 4.89. The number of thioether (sulfide) groups is 2. The number of fused-ring (bicyclic) bond motifs is 1. The van der Waals surface area contributed by atoms with E-state index < -0.39 is 50.6 Å². The average molecular weight is 786 g/mol. The molecule has 12 nitrogen and oxygen atoms in total. The van der Waals surface area contributed by atoms with Crippen LogP contribution in [0.25, 0.3) is 0 Å². The van der Waals surface area contributed by atoms with Crippen molar-refractivity contribution in [3.8, 4) is 0 Å². The van der Waals surface area contributed by atoms with Crippen LogP contribution in [0.15, 0.2) is 83.4 Å². The molecule has 3 aromatic rings. The number of aromatic nitrogens is 1. The van der Waals surface area contributed by atoms with Crippen LogP contribution >= 0.6 is 46.5 Å². The number of oxime groups is 1. The SMILES string of the molecule is CC(C)(C)OC(=O)C(C)(C)O/N=C(\C(=O)N[C@@H]1C(=O)N2C[C@](SC/C=C/CCl)(C(=O)OC(c3ccccc3)c3ccccc3)S[C@H]12)c1csc(N)n1. The van der Waals surface area contributed by atoms with Crippen LogP contribution in [-0.2, 0) is 33.5 Å². The zero-order valence-corrected chi connectivity index (χ0v) is 32.4. The number of nitrogens with two attached hydrogens (primary N) is 1. The van der Waals surface area contributed by atoms with Gasteiger partial charge in [-0.15, -0.1) is 46.5 Å². The minimum absolute atomic E-state index is 0.0544. The molecule has 5 rings (SSSR count). The lowest BCUT2D eigenvalue weighted by Gasteiger charge is -2.41. The fourth-order valence-electron chi connectivity index (χ4n) is 5.17. The largest absolute Gasteiger partial charge is 0.457 e. The smallest absolute Gasteiger partial charge is 0.353 e. The minimum atomic E-state index is -1.57. The van der Waals surface area contributed by atoms with E-state index >= 15 is 0 Å². The molecule has 0 saturated carbocycles. The van der Waals surface area contributed by atoms with Crippen molar-refractivity contribution in [2.45, 2.75) is 67.4 Å². The number of nitrogens with zero attached hydrogens (tertiary/aromatic N) is 3. The van der Waals surface area contributed by atoms with E-state index in [1.54, 1.807) is 31.7 Å². The molecular weight excluding hydrogens is 746 g/mol. The number of esters is 2. The Morgan fingerprint density at radius 3 is 2.29 bits per heavy atom. The highest BCUT2D eigenvalue weighted by Gasteiger charge is 2.63. The maximum atomic E-state index is 14.3. The predicted molar refractivity (Wildman–Crippen MR) is 205 cm³/mol. The first-order chi connectivity index (χ1) is 24.6. The van der Waals surface area contributed by atoms with Crippen molar-refractivity contribution in [3.05, 3.63) is 95.0 Å². The highest BCUT2D eigenvalue weighted by atomic mass is 35.5. The van der Waals surface area contributed by atoms with Crippen molar-refractivity contribution >= 4 is 81.1 Å². The number of ether oxygens (including phenoxy) is 2. The number of thiazole rings is 1. The predicted octanol–water partition coefficient (Wildman–Crippen LogP) is 5.52. The quantitative estimate of drug-likeness (QED) is 0.0529. The van der Waals surface area contributed by atoms with Gasteiger partial charge in [-0.25, -0.2) is 14.6 Å². The third-order valence-corrected chi connectivity index (χ3v) is 11.8.